The van der Waals surface area contributed by atoms with Gasteiger partial charge in [0.15, 0.2) is 33.8 Å². The van der Waals surface area contributed by atoms with E-state index in [0.717, 1.165) is 39.4 Å². The molecule has 0 aliphatic carbocycles. The maximum atomic E-state index is 12.8. The van der Waals surface area contributed by atoms with Crippen molar-refractivity contribution < 1.29 is 89.7 Å². The molecule has 7 heterocycles. The van der Waals surface area contributed by atoms with E-state index < -0.39 is 35.9 Å². The number of carbonyl (C=O) groups excluding carboxylic acids is 5. The van der Waals surface area contributed by atoms with E-state index in [4.69, 9.17) is 20.2 Å². The summed E-state index contributed by atoms with van der Waals surface area (Å²) in [6, 6.07) is 37.1. The molecule has 35 heteroatoms. The second kappa shape index (κ2) is 41.8. The standard InChI is InChI=1S/C12H10FNO3S.C12H8FNO3S.C11H7FN2OS.C10H6FNO2S.C10H8FNOS.C10H6FNOS.C6H6BrNO2S/c2*1-17-12(16)10(15)9-6-18-11(14-9)7-2-4-8(13)5-3-7;12-8-3-1-7(2-4-8)11-14-9(6-16-11)10(15)5-13;11-7-3-1-6(2-4-7)9-12-8(5-15-9)10(13)14;2*11-8-3-1-7(2-4-8)10-12-9(5-13)6-14-10;1-2-10-5(9)4-3-11-6(7)8-4/h2-6,10,15H,1H3;2-6H,1H3;1-4,6,10,15H;1-5H,(H,13,14);1-4,6,13H,5H2;1-6H;3H,2H2,1H3. The number of aliphatic hydroxyl groups excluding tert-OH is 3. The van der Waals surface area contributed by atoms with Crippen molar-refractivity contribution in [2.24, 2.45) is 0 Å². The largest absolute Gasteiger partial charge is 0.476 e. The van der Waals surface area contributed by atoms with Crippen molar-refractivity contribution in [1.29, 1.82) is 5.26 Å². The van der Waals surface area contributed by atoms with Gasteiger partial charge in [-0.3, -0.25) is 9.59 Å². The van der Waals surface area contributed by atoms with E-state index in [1.165, 1.54) is 170 Å². The van der Waals surface area contributed by atoms with E-state index in [2.05, 4.69) is 60.3 Å². The first-order chi connectivity index (χ1) is 50.9. The number of ketones is 1. The van der Waals surface area contributed by atoms with Crippen molar-refractivity contribution in [3.8, 4) is 69.5 Å². The highest BCUT2D eigenvalue weighted by Crippen LogP contribution is 2.31. The number of methoxy groups -OCH3 is 2. The maximum absolute atomic E-state index is 12.8. The number of aliphatic hydroxyl groups is 3. The summed E-state index contributed by atoms with van der Waals surface area (Å²) < 4.78 is 90.2. The molecule has 0 saturated heterocycles. The van der Waals surface area contributed by atoms with E-state index in [-0.39, 0.29) is 64.6 Å². The van der Waals surface area contributed by atoms with Crippen LogP contribution in [0.4, 0.5) is 26.3 Å². The van der Waals surface area contributed by atoms with Crippen molar-refractivity contribution in [2.45, 2.75) is 25.7 Å². The lowest BCUT2D eigenvalue weighted by atomic mass is 10.2. The van der Waals surface area contributed by atoms with Crippen molar-refractivity contribution in [3.63, 3.8) is 0 Å². The average molecular weight is 1640 g/mol. The van der Waals surface area contributed by atoms with E-state index in [1.807, 2.05) is 0 Å². The summed E-state index contributed by atoms with van der Waals surface area (Å²) in [5, 5.41) is 60.0. The molecule has 13 rings (SSSR count). The third-order valence-corrected chi connectivity index (χ3v) is 19.7. The molecule has 6 aromatic carbocycles. The van der Waals surface area contributed by atoms with Crippen molar-refractivity contribution in [2.75, 3.05) is 20.8 Å². The number of carbonyl (C=O) groups is 6. The van der Waals surface area contributed by atoms with Gasteiger partial charge in [0, 0.05) is 71.0 Å². The molecular weight excluding hydrogens is 1590 g/mol. The van der Waals surface area contributed by atoms with Crippen molar-refractivity contribution >= 4 is 131 Å². The van der Waals surface area contributed by atoms with Gasteiger partial charge in [-0.1, -0.05) is 0 Å². The van der Waals surface area contributed by atoms with Crippen LogP contribution in [-0.4, -0.2) is 112 Å². The van der Waals surface area contributed by atoms with Gasteiger partial charge in [-0.25, -0.2) is 80.4 Å². The lowest BCUT2D eigenvalue weighted by Crippen LogP contribution is -2.15. The molecular formula is C71H51BrF6N8O13S7. The van der Waals surface area contributed by atoms with Gasteiger partial charge >= 0.3 is 23.9 Å². The predicted molar refractivity (Wildman–Crippen MR) is 393 cm³/mol. The molecule has 4 N–H and O–H groups in total. The van der Waals surface area contributed by atoms with Gasteiger partial charge in [-0.2, -0.15) is 5.26 Å². The predicted octanol–water partition coefficient (Wildman–Crippen LogP) is 16.9. The van der Waals surface area contributed by atoms with Crippen LogP contribution in [0.3, 0.4) is 0 Å². The zero-order chi connectivity index (χ0) is 76.8. The highest BCUT2D eigenvalue weighted by atomic mass is 79.9. The number of carboxylic acids is 1. The lowest BCUT2D eigenvalue weighted by Gasteiger charge is -2.03. The smallest absolute Gasteiger partial charge is 0.381 e. The minimum Gasteiger partial charge on any atom is -0.476 e. The highest BCUT2D eigenvalue weighted by Gasteiger charge is 2.23. The third-order valence-electron chi connectivity index (χ3n) is 12.8. The topological polar surface area (TPSA) is 325 Å². The van der Waals surface area contributed by atoms with E-state index in [1.54, 1.807) is 113 Å². The van der Waals surface area contributed by atoms with Crippen LogP contribution < -0.4 is 0 Å². The number of aromatic nitrogens is 7. The number of thiazole rings is 7. The fourth-order valence-electron chi connectivity index (χ4n) is 7.69. The van der Waals surface area contributed by atoms with Crippen LogP contribution in [0.5, 0.6) is 0 Å². The van der Waals surface area contributed by atoms with Crippen LogP contribution in [-0.2, 0) is 30.4 Å². The Balaban J connectivity index is 0.000000173. The van der Waals surface area contributed by atoms with Gasteiger partial charge in [0.25, 0.3) is 5.78 Å². The van der Waals surface area contributed by atoms with Crippen LogP contribution in [0.15, 0.2) is 187 Å². The minimum absolute atomic E-state index is 0.0133. The molecule has 0 spiro atoms. The lowest BCUT2D eigenvalue weighted by molar-refractivity contribution is -0.150. The zero-order valence-corrected chi connectivity index (χ0v) is 61.9. The quantitative estimate of drug-likeness (QED) is 0.0133. The number of nitrogens with zero attached hydrogens (tertiary/aromatic N) is 8. The minimum atomic E-state index is -1.39. The summed E-state index contributed by atoms with van der Waals surface area (Å²) in [6.07, 6.45) is -1.89. The monoisotopic (exact) mass is 1640 g/mol. The van der Waals surface area contributed by atoms with Crippen LogP contribution in [0, 0.1) is 46.2 Å². The normalized spacial score (nSPS) is 10.8. The van der Waals surface area contributed by atoms with Crippen LogP contribution in [0.1, 0.15) is 78.2 Å². The summed E-state index contributed by atoms with van der Waals surface area (Å²) in [5.41, 5.74) is 6.61. The number of aldehydes is 1. The number of aromatic carboxylic acids is 1. The highest BCUT2D eigenvalue weighted by molar-refractivity contribution is 9.11. The first kappa shape index (κ1) is 82.7. The first-order valence-corrected chi connectivity index (χ1v) is 36.7. The number of halogens is 7. The fourth-order valence-corrected chi connectivity index (χ4v) is 13.6. The van der Waals surface area contributed by atoms with E-state index in [9.17, 15) is 65.3 Å². The third kappa shape index (κ3) is 25.3. The molecule has 0 aliphatic rings. The Morgan fingerprint density at radius 2 is 0.840 bits per heavy atom. The van der Waals surface area contributed by atoms with Crippen LogP contribution in [0.2, 0.25) is 0 Å². The fraction of sp³-hybridized carbons (Fsp3) is 0.0986. The van der Waals surface area contributed by atoms with Gasteiger partial charge in [-0.15, -0.1) is 79.4 Å². The van der Waals surface area contributed by atoms with E-state index in [0.29, 0.717) is 70.7 Å². The number of esters is 3. The van der Waals surface area contributed by atoms with Crippen molar-refractivity contribution in [1.82, 2.24) is 34.9 Å². The Morgan fingerprint density at radius 1 is 0.481 bits per heavy atom. The molecule has 0 radical (unpaired) electrons. The number of rotatable bonds is 16. The second-order valence-corrected chi connectivity index (χ2v) is 27.3. The number of ether oxygens (including phenoxy) is 3. The number of Topliss-reactive ketones (excluding diaryl/α,β-unsaturated/α-hetero) is 1. The molecule has 0 amide bonds. The van der Waals surface area contributed by atoms with E-state index >= 15 is 0 Å². The number of carboxylic acid groups (broad SMARTS) is 1. The molecule has 13 aromatic rings. The Hall–Kier alpha value is -10.6. The summed E-state index contributed by atoms with van der Waals surface area (Å²) in [7, 11) is 2.33. The number of hydrogen-bond acceptors (Lipinski definition) is 27. The average Bonchev–Trinajstić information content (AvgIpc) is 1.70. The SMILES string of the molecule is CCOC(=O)c1csc(Br)n1.COC(=O)C(=O)c1csc(-c2ccc(F)cc2)n1.COC(=O)C(O)c1csc(-c2ccc(F)cc2)n1.N#CC(O)c1csc(-c2ccc(F)cc2)n1.O=C(O)c1csc(-c2ccc(F)cc2)n1.O=Cc1csc(-c2ccc(F)cc2)n1.OCc1csc(-c2ccc(F)cc2)n1. The summed E-state index contributed by atoms with van der Waals surface area (Å²) in [5.74, 6) is -5.76. The molecule has 0 fully saturated rings. The second-order valence-electron chi connectivity index (χ2n) is 20.1. The number of nitriles is 1. The van der Waals surface area contributed by atoms with Crippen molar-refractivity contribution in [3.05, 3.63) is 262 Å². The molecule has 2 atom stereocenters. The Labute approximate surface area is 634 Å². The van der Waals surface area contributed by atoms with Gasteiger partial charge in [0.2, 0.25) is 0 Å². The molecule has 0 bridgehead atoms. The Kier molecular flexibility index (Phi) is 32.6. The number of benzene rings is 6. The molecule has 544 valence electrons. The maximum Gasteiger partial charge on any atom is 0.381 e. The van der Waals surface area contributed by atoms with Crippen LogP contribution >= 0.6 is 95.3 Å². The Morgan fingerprint density at radius 3 is 1.19 bits per heavy atom. The first-order valence-electron chi connectivity index (χ1n) is 29.7. The zero-order valence-electron chi connectivity index (χ0n) is 54.6. The molecule has 21 nitrogen and oxygen atoms in total. The summed E-state index contributed by atoms with van der Waals surface area (Å²) in [6.45, 7) is 2.09. The van der Waals surface area contributed by atoms with Gasteiger partial charge in [-0.05, 0) is 168 Å². The van der Waals surface area contributed by atoms with Crippen LogP contribution in [0.25, 0.3) is 63.4 Å². The van der Waals surface area contributed by atoms with Gasteiger partial charge < -0.3 is 34.6 Å². The molecule has 0 saturated carbocycles. The molecule has 106 heavy (non-hydrogen) atoms. The summed E-state index contributed by atoms with van der Waals surface area (Å²) in [4.78, 5) is 93.9. The molecule has 0 aliphatic heterocycles. The van der Waals surface area contributed by atoms with Gasteiger partial charge in [0.1, 0.15) is 82.4 Å². The van der Waals surface area contributed by atoms with Gasteiger partial charge in [0.05, 0.1) is 44.5 Å². The summed E-state index contributed by atoms with van der Waals surface area (Å²) >= 11 is 12.3. The molecule has 7 aromatic heterocycles. The number of hydrogen-bond donors (Lipinski definition) is 4. The molecule has 2 unspecified atom stereocenters. The Bertz CT molecular complexity index is 5060.